The number of rotatable bonds is 4. The van der Waals surface area contributed by atoms with E-state index in [-0.39, 0.29) is 16.7 Å². The van der Waals surface area contributed by atoms with E-state index in [1.807, 2.05) is 0 Å². The standard InChI is InChI=1S/C26H35I/c1-17-14-20(25(4,5)6)10-12-22(17)24(19(3)16-27)23-13-11-21(15-18(23)2)26(7,8)9/h10-15,24H,3,16H2,1-2,4-9H3. The number of hydrogen-bond acceptors (Lipinski definition) is 0. The van der Waals surface area contributed by atoms with E-state index >= 15 is 0 Å². The summed E-state index contributed by atoms with van der Waals surface area (Å²) in [5.74, 6) is 0.255. The molecule has 0 nitrogen and oxygen atoms in total. The molecule has 0 heterocycles. The SMILES string of the molecule is C=C(CI)C(c1ccc(C(C)(C)C)cc1C)c1ccc(C(C)(C)C)cc1C. The molecular weight excluding hydrogens is 439 g/mol. The third kappa shape index (κ3) is 5.04. The molecule has 2 rings (SSSR count). The summed E-state index contributed by atoms with van der Waals surface area (Å²) in [7, 11) is 0. The third-order valence-electron chi connectivity index (χ3n) is 5.47. The topological polar surface area (TPSA) is 0 Å². The molecule has 0 radical (unpaired) electrons. The van der Waals surface area contributed by atoms with Crippen molar-refractivity contribution in [2.75, 3.05) is 4.43 Å². The van der Waals surface area contributed by atoms with Crippen molar-refractivity contribution in [3.05, 3.63) is 81.9 Å². The molecule has 2 aromatic rings. The van der Waals surface area contributed by atoms with Crippen molar-refractivity contribution in [3.8, 4) is 0 Å². The van der Waals surface area contributed by atoms with Gasteiger partial charge in [0.2, 0.25) is 0 Å². The first-order chi connectivity index (χ1) is 12.4. The Hall–Kier alpha value is -1.09. The maximum absolute atomic E-state index is 4.44. The molecule has 0 atom stereocenters. The predicted molar refractivity (Wildman–Crippen MR) is 130 cm³/mol. The third-order valence-corrected chi connectivity index (χ3v) is 6.45. The summed E-state index contributed by atoms with van der Waals surface area (Å²) in [5, 5.41) is 0. The molecule has 0 aromatic heterocycles. The molecule has 0 bridgehead atoms. The van der Waals surface area contributed by atoms with Gasteiger partial charge in [0.1, 0.15) is 0 Å². The first-order valence-electron chi connectivity index (χ1n) is 9.82. The van der Waals surface area contributed by atoms with Crippen LogP contribution in [0, 0.1) is 13.8 Å². The Balaban J connectivity index is 2.60. The summed E-state index contributed by atoms with van der Waals surface area (Å²) in [4.78, 5) is 0. The zero-order chi connectivity index (χ0) is 20.6. The van der Waals surface area contributed by atoms with Crippen LogP contribution in [0.5, 0.6) is 0 Å². The van der Waals surface area contributed by atoms with E-state index in [0.717, 1.165) is 4.43 Å². The molecular formula is C26H35I. The normalized spacial score (nSPS) is 12.5. The van der Waals surface area contributed by atoms with Gasteiger partial charge in [0, 0.05) is 10.3 Å². The summed E-state index contributed by atoms with van der Waals surface area (Å²) in [6.07, 6.45) is 0. The summed E-state index contributed by atoms with van der Waals surface area (Å²) in [6, 6.07) is 14.0. The van der Waals surface area contributed by atoms with Crippen LogP contribution in [-0.2, 0) is 10.8 Å². The highest BCUT2D eigenvalue weighted by Gasteiger charge is 2.24. The highest BCUT2D eigenvalue weighted by atomic mass is 127. The van der Waals surface area contributed by atoms with E-state index in [4.69, 9.17) is 0 Å². The Morgan fingerprint density at radius 2 is 1.19 bits per heavy atom. The average Bonchev–Trinajstić information content (AvgIpc) is 2.55. The van der Waals surface area contributed by atoms with Gasteiger partial charge in [0.05, 0.1) is 0 Å². The molecule has 1 heteroatoms. The molecule has 0 fully saturated rings. The number of benzene rings is 2. The lowest BCUT2D eigenvalue weighted by molar-refractivity contribution is 0.589. The Kier molecular flexibility index (Phi) is 6.67. The molecule has 0 aliphatic carbocycles. The Bertz CT molecular complexity index is 765. The number of alkyl halides is 1. The largest absolute Gasteiger partial charge is 0.0981 e. The van der Waals surface area contributed by atoms with Crippen LogP contribution in [0.15, 0.2) is 48.6 Å². The minimum absolute atomic E-state index is 0.170. The summed E-state index contributed by atoms with van der Waals surface area (Å²) in [6.45, 7) is 22.6. The van der Waals surface area contributed by atoms with Crippen LogP contribution in [0.3, 0.4) is 0 Å². The minimum atomic E-state index is 0.170. The fourth-order valence-electron chi connectivity index (χ4n) is 3.62. The van der Waals surface area contributed by atoms with Gasteiger partial charge in [-0.2, -0.15) is 0 Å². The molecule has 0 aliphatic heterocycles. The monoisotopic (exact) mass is 474 g/mol. The van der Waals surface area contributed by atoms with Crippen molar-refractivity contribution in [1.29, 1.82) is 0 Å². The molecule has 2 aromatic carbocycles. The predicted octanol–water partition coefficient (Wildman–Crippen LogP) is 8.02. The zero-order valence-corrected chi connectivity index (χ0v) is 20.5. The quantitative estimate of drug-likeness (QED) is 0.239. The second-order valence-corrected chi connectivity index (χ2v) is 10.6. The van der Waals surface area contributed by atoms with Crippen molar-refractivity contribution < 1.29 is 0 Å². The van der Waals surface area contributed by atoms with E-state index in [2.05, 4.69) is 121 Å². The summed E-state index contributed by atoms with van der Waals surface area (Å²) >= 11 is 2.45. The molecule has 0 aliphatic rings. The van der Waals surface area contributed by atoms with Gasteiger partial charge in [-0.3, -0.25) is 0 Å². The van der Waals surface area contributed by atoms with Crippen molar-refractivity contribution in [3.63, 3.8) is 0 Å². The minimum Gasteiger partial charge on any atom is -0.0981 e. The highest BCUT2D eigenvalue weighted by Crippen LogP contribution is 2.38. The summed E-state index contributed by atoms with van der Waals surface area (Å²) in [5.41, 5.74) is 9.88. The zero-order valence-electron chi connectivity index (χ0n) is 18.3. The van der Waals surface area contributed by atoms with Gasteiger partial charge in [0.15, 0.2) is 0 Å². The maximum atomic E-state index is 4.44. The first-order valence-corrected chi connectivity index (χ1v) is 11.3. The van der Waals surface area contributed by atoms with Gasteiger partial charge in [-0.15, -0.1) is 0 Å². The van der Waals surface area contributed by atoms with Crippen LogP contribution in [0.4, 0.5) is 0 Å². The van der Waals surface area contributed by atoms with Crippen molar-refractivity contribution in [2.24, 2.45) is 0 Å². The van der Waals surface area contributed by atoms with E-state index in [1.165, 1.54) is 39.0 Å². The smallest absolute Gasteiger partial charge is 0.0309 e. The number of hydrogen-bond donors (Lipinski definition) is 0. The lowest BCUT2D eigenvalue weighted by Crippen LogP contribution is -2.15. The van der Waals surface area contributed by atoms with Crippen LogP contribution in [0.2, 0.25) is 0 Å². The fourth-order valence-corrected chi connectivity index (χ4v) is 4.06. The maximum Gasteiger partial charge on any atom is 0.0309 e. The number of aryl methyl sites for hydroxylation is 2. The summed E-state index contributed by atoms with van der Waals surface area (Å²) < 4.78 is 0.962. The highest BCUT2D eigenvalue weighted by molar-refractivity contribution is 14.1. The van der Waals surface area contributed by atoms with Crippen LogP contribution in [0.1, 0.15) is 80.8 Å². The van der Waals surface area contributed by atoms with Crippen LogP contribution < -0.4 is 0 Å². The van der Waals surface area contributed by atoms with Gasteiger partial charge < -0.3 is 0 Å². The Morgan fingerprint density at radius 3 is 1.44 bits per heavy atom. The molecule has 0 N–H and O–H groups in total. The Labute approximate surface area is 180 Å². The lowest BCUT2D eigenvalue weighted by atomic mass is 9.77. The fraction of sp³-hybridized carbons (Fsp3) is 0.462. The first kappa shape index (κ1) is 22.2. The molecule has 0 amide bonds. The van der Waals surface area contributed by atoms with E-state index in [1.54, 1.807) is 0 Å². The van der Waals surface area contributed by atoms with E-state index in [0.29, 0.717) is 0 Å². The Morgan fingerprint density at radius 1 is 0.815 bits per heavy atom. The second kappa shape index (κ2) is 8.11. The van der Waals surface area contributed by atoms with E-state index in [9.17, 15) is 0 Å². The molecule has 0 spiro atoms. The van der Waals surface area contributed by atoms with Crippen molar-refractivity contribution in [1.82, 2.24) is 0 Å². The average molecular weight is 474 g/mol. The van der Waals surface area contributed by atoms with Crippen molar-refractivity contribution in [2.45, 2.75) is 72.1 Å². The van der Waals surface area contributed by atoms with Gasteiger partial charge in [-0.1, -0.05) is 113 Å². The molecule has 27 heavy (non-hydrogen) atoms. The molecule has 0 saturated heterocycles. The van der Waals surface area contributed by atoms with Crippen LogP contribution >= 0.6 is 22.6 Å². The van der Waals surface area contributed by atoms with Gasteiger partial charge in [-0.25, -0.2) is 0 Å². The van der Waals surface area contributed by atoms with Gasteiger partial charge >= 0.3 is 0 Å². The molecule has 0 saturated carbocycles. The number of halogens is 1. The second-order valence-electron chi connectivity index (χ2n) is 9.87. The lowest BCUT2D eigenvalue weighted by Gasteiger charge is -2.27. The van der Waals surface area contributed by atoms with Gasteiger partial charge in [0.25, 0.3) is 0 Å². The van der Waals surface area contributed by atoms with Crippen LogP contribution in [-0.4, -0.2) is 4.43 Å². The number of allylic oxidation sites excluding steroid dienone is 1. The molecule has 146 valence electrons. The van der Waals surface area contributed by atoms with Crippen LogP contribution in [0.25, 0.3) is 0 Å². The van der Waals surface area contributed by atoms with Crippen molar-refractivity contribution >= 4 is 22.6 Å². The molecule has 0 unspecified atom stereocenters. The van der Waals surface area contributed by atoms with E-state index < -0.39 is 0 Å². The van der Waals surface area contributed by atoms with Gasteiger partial charge in [-0.05, 0) is 58.1 Å².